The average Bonchev–Trinajstić information content (AvgIpc) is 2.39. The molecule has 2 unspecified atom stereocenters. The summed E-state index contributed by atoms with van der Waals surface area (Å²) < 4.78 is 5.21. The Balaban J connectivity index is 1.88. The van der Waals surface area contributed by atoms with Gasteiger partial charge in [-0.25, -0.2) is 0 Å². The number of ether oxygens (including phenoxy) is 1. The summed E-state index contributed by atoms with van der Waals surface area (Å²) in [7, 11) is 1.66. The van der Waals surface area contributed by atoms with Crippen LogP contribution in [0.2, 0.25) is 0 Å². The fourth-order valence-corrected chi connectivity index (χ4v) is 2.90. The summed E-state index contributed by atoms with van der Waals surface area (Å²) in [5, 5.41) is 10.6. The maximum Gasteiger partial charge on any atom is 0.119 e. The molecule has 1 aliphatic rings. The Kier molecular flexibility index (Phi) is 3.03. The van der Waals surface area contributed by atoms with E-state index in [1.165, 1.54) is 11.1 Å². The molecule has 2 nitrogen and oxygen atoms in total. The van der Waals surface area contributed by atoms with Crippen LogP contribution in [-0.2, 0) is 6.42 Å². The van der Waals surface area contributed by atoms with Gasteiger partial charge in [0.05, 0.1) is 13.2 Å². The second-order valence-corrected chi connectivity index (χ2v) is 5.18. The second kappa shape index (κ2) is 4.71. The molecular formula is C17H18O2. The highest BCUT2D eigenvalue weighted by Gasteiger charge is 2.33. The minimum Gasteiger partial charge on any atom is -0.497 e. The molecular weight excluding hydrogens is 236 g/mol. The zero-order valence-corrected chi connectivity index (χ0v) is 11.3. The van der Waals surface area contributed by atoms with Gasteiger partial charge >= 0.3 is 0 Å². The second-order valence-electron chi connectivity index (χ2n) is 5.18. The van der Waals surface area contributed by atoms with Gasteiger partial charge < -0.3 is 9.84 Å². The fraction of sp³-hybridized carbons (Fsp3) is 0.294. The van der Waals surface area contributed by atoms with Gasteiger partial charge in [-0.05, 0) is 47.7 Å². The summed E-state index contributed by atoms with van der Waals surface area (Å²) in [5.41, 5.74) is 4.72. The van der Waals surface area contributed by atoms with Gasteiger partial charge in [0.2, 0.25) is 0 Å². The van der Waals surface area contributed by atoms with Crippen molar-refractivity contribution in [3.05, 3.63) is 64.7 Å². The fourth-order valence-electron chi connectivity index (χ4n) is 2.90. The van der Waals surface area contributed by atoms with E-state index in [0.29, 0.717) is 0 Å². The van der Waals surface area contributed by atoms with Crippen molar-refractivity contribution in [3.63, 3.8) is 0 Å². The zero-order valence-electron chi connectivity index (χ0n) is 11.3. The maximum absolute atomic E-state index is 10.6. The summed E-state index contributed by atoms with van der Waals surface area (Å²) in [6, 6.07) is 14.2. The molecule has 0 aliphatic heterocycles. The van der Waals surface area contributed by atoms with Gasteiger partial charge in [-0.1, -0.05) is 30.3 Å². The van der Waals surface area contributed by atoms with Gasteiger partial charge in [-0.2, -0.15) is 0 Å². The largest absolute Gasteiger partial charge is 0.497 e. The molecule has 2 atom stereocenters. The Labute approximate surface area is 113 Å². The summed E-state index contributed by atoms with van der Waals surface area (Å²) >= 11 is 0. The van der Waals surface area contributed by atoms with Gasteiger partial charge in [0.25, 0.3) is 0 Å². The molecule has 0 aromatic heterocycles. The molecule has 0 saturated carbocycles. The lowest BCUT2D eigenvalue weighted by Gasteiger charge is -2.34. The predicted molar refractivity (Wildman–Crippen MR) is 75.6 cm³/mol. The third kappa shape index (κ3) is 2.02. The SMILES string of the molecule is COc1ccc(C(O)C2Cc3ccccc32)c(C)c1. The molecule has 19 heavy (non-hydrogen) atoms. The highest BCUT2D eigenvalue weighted by molar-refractivity contribution is 5.44. The van der Waals surface area contributed by atoms with Crippen molar-refractivity contribution in [3.8, 4) is 5.75 Å². The quantitative estimate of drug-likeness (QED) is 0.910. The number of aryl methyl sites for hydroxylation is 1. The van der Waals surface area contributed by atoms with Gasteiger partial charge in [0, 0.05) is 5.92 Å². The van der Waals surface area contributed by atoms with Crippen LogP contribution in [0.25, 0.3) is 0 Å². The summed E-state index contributed by atoms with van der Waals surface area (Å²) in [6.07, 6.45) is 0.531. The van der Waals surface area contributed by atoms with E-state index < -0.39 is 6.10 Å². The molecule has 0 saturated heterocycles. The number of methoxy groups -OCH3 is 1. The van der Waals surface area contributed by atoms with Crippen molar-refractivity contribution in [1.29, 1.82) is 0 Å². The molecule has 0 fully saturated rings. The van der Waals surface area contributed by atoms with Crippen molar-refractivity contribution in [2.75, 3.05) is 7.11 Å². The summed E-state index contributed by atoms with van der Waals surface area (Å²) in [6.45, 7) is 2.02. The van der Waals surface area contributed by atoms with Crippen LogP contribution < -0.4 is 4.74 Å². The smallest absolute Gasteiger partial charge is 0.119 e. The lowest BCUT2D eigenvalue weighted by molar-refractivity contribution is 0.134. The minimum atomic E-state index is -0.430. The number of hydrogen-bond donors (Lipinski definition) is 1. The Morgan fingerprint density at radius 1 is 1.21 bits per heavy atom. The number of aliphatic hydroxyl groups is 1. The van der Waals surface area contributed by atoms with E-state index in [-0.39, 0.29) is 5.92 Å². The Bertz CT molecular complexity index is 604. The molecule has 1 N–H and O–H groups in total. The molecule has 0 heterocycles. The van der Waals surface area contributed by atoms with E-state index in [9.17, 15) is 5.11 Å². The summed E-state index contributed by atoms with van der Waals surface area (Å²) in [5.74, 6) is 1.06. The molecule has 1 aliphatic carbocycles. The first-order valence-electron chi connectivity index (χ1n) is 6.61. The standard InChI is InChI=1S/C17H18O2/c1-11-9-13(19-2)7-8-14(11)17(18)16-10-12-5-3-4-6-15(12)16/h3-9,16-18H,10H2,1-2H3. The molecule has 0 spiro atoms. The molecule has 0 amide bonds. The topological polar surface area (TPSA) is 29.5 Å². The Morgan fingerprint density at radius 3 is 2.68 bits per heavy atom. The first kappa shape index (κ1) is 12.2. The summed E-state index contributed by atoms with van der Waals surface area (Å²) in [4.78, 5) is 0. The monoisotopic (exact) mass is 254 g/mol. The first-order chi connectivity index (χ1) is 9.20. The van der Waals surface area contributed by atoms with Crippen molar-refractivity contribution < 1.29 is 9.84 Å². The third-order valence-electron chi connectivity index (χ3n) is 4.07. The number of aliphatic hydroxyl groups excluding tert-OH is 1. The lowest BCUT2D eigenvalue weighted by Crippen LogP contribution is -2.24. The highest BCUT2D eigenvalue weighted by Crippen LogP contribution is 2.44. The van der Waals surface area contributed by atoms with Gasteiger partial charge in [0.15, 0.2) is 0 Å². The molecule has 2 aromatic carbocycles. The van der Waals surface area contributed by atoms with Crippen LogP contribution in [-0.4, -0.2) is 12.2 Å². The van der Waals surface area contributed by atoms with Crippen LogP contribution in [0.4, 0.5) is 0 Å². The van der Waals surface area contributed by atoms with Crippen molar-refractivity contribution in [2.24, 2.45) is 0 Å². The van der Waals surface area contributed by atoms with E-state index >= 15 is 0 Å². The number of fused-ring (bicyclic) bond motifs is 1. The Hall–Kier alpha value is -1.80. The van der Waals surface area contributed by atoms with Gasteiger partial charge in [-0.15, -0.1) is 0 Å². The van der Waals surface area contributed by atoms with Crippen molar-refractivity contribution in [1.82, 2.24) is 0 Å². The van der Waals surface area contributed by atoms with Crippen LogP contribution in [0.3, 0.4) is 0 Å². The van der Waals surface area contributed by atoms with E-state index in [1.807, 2.05) is 31.2 Å². The highest BCUT2D eigenvalue weighted by atomic mass is 16.5. The third-order valence-corrected chi connectivity index (χ3v) is 4.07. The normalized spacial score (nSPS) is 18.4. The van der Waals surface area contributed by atoms with Gasteiger partial charge in [0.1, 0.15) is 5.75 Å². The van der Waals surface area contributed by atoms with Crippen LogP contribution in [0, 0.1) is 6.92 Å². The molecule has 2 aromatic rings. The minimum absolute atomic E-state index is 0.225. The predicted octanol–water partition coefficient (Wildman–Crippen LogP) is 3.38. The maximum atomic E-state index is 10.6. The zero-order chi connectivity index (χ0) is 13.4. The van der Waals surface area contributed by atoms with Crippen LogP contribution in [0.5, 0.6) is 5.75 Å². The van der Waals surface area contributed by atoms with Crippen LogP contribution in [0.15, 0.2) is 42.5 Å². The van der Waals surface area contributed by atoms with Crippen LogP contribution >= 0.6 is 0 Å². The average molecular weight is 254 g/mol. The van der Waals surface area contributed by atoms with Crippen LogP contribution in [0.1, 0.15) is 34.3 Å². The van der Waals surface area contributed by atoms with E-state index in [1.54, 1.807) is 7.11 Å². The Morgan fingerprint density at radius 2 is 2.00 bits per heavy atom. The van der Waals surface area contributed by atoms with E-state index in [2.05, 4.69) is 18.2 Å². The molecule has 0 bridgehead atoms. The molecule has 98 valence electrons. The van der Waals surface area contributed by atoms with Crippen molar-refractivity contribution in [2.45, 2.75) is 25.4 Å². The number of hydrogen-bond acceptors (Lipinski definition) is 2. The number of rotatable bonds is 3. The molecule has 0 radical (unpaired) electrons. The molecule has 3 rings (SSSR count). The van der Waals surface area contributed by atoms with Crippen molar-refractivity contribution >= 4 is 0 Å². The van der Waals surface area contributed by atoms with Gasteiger partial charge in [-0.3, -0.25) is 0 Å². The van der Waals surface area contributed by atoms with E-state index in [0.717, 1.165) is 23.3 Å². The first-order valence-corrected chi connectivity index (χ1v) is 6.61. The lowest BCUT2D eigenvalue weighted by atomic mass is 9.72. The van der Waals surface area contributed by atoms with E-state index in [4.69, 9.17) is 4.74 Å². The number of benzene rings is 2. The molecule has 2 heteroatoms.